The van der Waals surface area contributed by atoms with Gasteiger partial charge in [0.25, 0.3) is 0 Å². The SMILES string of the molecule is Cn1cc2c(NCC(O)c3ccc(Cl)s3)ncnc2n1. The van der Waals surface area contributed by atoms with Gasteiger partial charge >= 0.3 is 0 Å². The molecule has 0 aromatic carbocycles. The van der Waals surface area contributed by atoms with Crippen LogP contribution < -0.4 is 5.32 Å². The molecular weight excluding hydrogens is 298 g/mol. The third kappa shape index (κ3) is 2.60. The summed E-state index contributed by atoms with van der Waals surface area (Å²) in [6.07, 6.45) is 2.66. The summed E-state index contributed by atoms with van der Waals surface area (Å²) in [7, 11) is 1.83. The van der Waals surface area contributed by atoms with E-state index >= 15 is 0 Å². The topological polar surface area (TPSA) is 75.9 Å². The van der Waals surface area contributed by atoms with Crippen LogP contribution in [0.25, 0.3) is 11.0 Å². The molecule has 3 aromatic rings. The highest BCUT2D eigenvalue weighted by Crippen LogP contribution is 2.27. The first-order chi connectivity index (χ1) is 9.63. The zero-order chi connectivity index (χ0) is 14.1. The number of hydrogen-bond acceptors (Lipinski definition) is 6. The van der Waals surface area contributed by atoms with E-state index in [1.807, 2.05) is 19.3 Å². The lowest BCUT2D eigenvalue weighted by atomic mass is 10.3. The van der Waals surface area contributed by atoms with Crippen LogP contribution in [0.4, 0.5) is 5.82 Å². The summed E-state index contributed by atoms with van der Waals surface area (Å²) in [5, 5.41) is 18.3. The largest absolute Gasteiger partial charge is 0.386 e. The van der Waals surface area contributed by atoms with E-state index in [-0.39, 0.29) is 0 Å². The summed E-state index contributed by atoms with van der Waals surface area (Å²) >= 11 is 7.22. The summed E-state index contributed by atoms with van der Waals surface area (Å²) < 4.78 is 2.34. The first-order valence-corrected chi connectivity index (χ1v) is 7.14. The maximum Gasteiger partial charge on any atom is 0.186 e. The number of nitrogens with one attached hydrogen (secondary N) is 1. The molecule has 2 N–H and O–H groups in total. The van der Waals surface area contributed by atoms with E-state index in [2.05, 4.69) is 20.4 Å². The molecule has 0 spiro atoms. The second kappa shape index (κ2) is 5.35. The van der Waals surface area contributed by atoms with E-state index in [0.717, 1.165) is 10.3 Å². The molecule has 3 heterocycles. The Hall–Kier alpha value is -1.70. The van der Waals surface area contributed by atoms with Gasteiger partial charge in [-0.15, -0.1) is 11.3 Å². The zero-order valence-electron chi connectivity index (χ0n) is 10.6. The van der Waals surface area contributed by atoms with Gasteiger partial charge in [0, 0.05) is 24.7 Å². The van der Waals surface area contributed by atoms with Crippen LogP contribution in [0.3, 0.4) is 0 Å². The molecule has 1 atom stereocenters. The highest BCUT2D eigenvalue weighted by molar-refractivity contribution is 7.16. The Morgan fingerprint density at radius 2 is 2.30 bits per heavy atom. The van der Waals surface area contributed by atoms with Gasteiger partial charge in [-0.25, -0.2) is 9.97 Å². The Balaban J connectivity index is 1.76. The van der Waals surface area contributed by atoms with E-state index in [4.69, 9.17) is 11.6 Å². The molecule has 3 rings (SSSR count). The highest BCUT2D eigenvalue weighted by atomic mass is 35.5. The van der Waals surface area contributed by atoms with Gasteiger partial charge in [0.2, 0.25) is 0 Å². The van der Waals surface area contributed by atoms with E-state index in [1.54, 1.807) is 10.7 Å². The number of aryl methyl sites for hydroxylation is 1. The summed E-state index contributed by atoms with van der Waals surface area (Å²) in [5.41, 5.74) is 0.624. The molecule has 6 nitrogen and oxygen atoms in total. The van der Waals surface area contributed by atoms with Gasteiger partial charge in [-0.05, 0) is 12.1 Å². The van der Waals surface area contributed by atoms with Crippen molar-refractivity contribution in [3.8, 4) is 0 Å². The minimum Gasteiger partial charge on any atom is -0.386 e. The number of anilines is 1. The fourth-order valence-electron chi connectivity index (χ4n) is 1.89. The maximum absolute atomic E-state index is 10.1. The Morgan fingerprint density at radius 1 is 1.45 bits per heavy atom. The molecule has 1 unspecified atom stereocenters. The van der Waals surface area contributed by atoms with Crippen molar-refractivity contribution in [3.05, 3.63) is 33.9 Å². The Morgan fingerprint density at radius 3 is 3.05 bits per heavy atom. The van der Waals surface area contributed by atoms with E-state index in [0.29, 0.717) is 22.3 Å². The van der Waals surface area contributed by atoms with Crippen LogP contribution in [0.1, 0.15) is 11.0 Å². The number of halogens is 1. The number of aromatic nitrogens is 4. The van der Waals surface area contributed by atoms with Crippen molar-refractivity contribution in [3.63, 3.8) is 0 Å². The lowest BCUT2D eigenvalue weighted by molar-refractivity contribution is 0.195. The third-order valence-electron chi connectivity index (χ3n) is 2.82. The molecule has 0 aliphatic carbocycles. The summed E-state index contributed by atoms with van der Waals surface area (Å²) in [4.78, 5) is 9.09. The highest BCUT2D eigenvalue weighted by Gasteiger charge is 2.12. The molecule has 0 radical (unpaired) electrons. The van der Waals surface area contributed by atoms with Crippen molar-refractivity contribution in [1.82, 2.24) is 19.7 Å². The van der Waals surface area contributed by atoms with Crippen LogP contribution >= 0.6 is 22.9 Å². The fourth-order valence-corrected chi connectivity index (χ4v) is 2.94. The van der Waals surface area contributed by atoms with Crippen LogP contribution in [0.15, 0.2) is 24.7 Å². The molecule has 0 aliphatic heterocycles. The minimum absolute atomic E-state index is 0.345. The third-order valence-corrected chi connectivity index (χ3v) is 4.15. The van der Waals surface area contributed by atoms with Crippen molar-refractivity contribution in [2.45, 2.75) is 6.10 Å². The van der Waals surface area contributed by atoms with Gasteiger partial charge in [0.1, 0.15) is 18.2 Å². The van der Waals surface area contributed by atoms with Gasteiger partial charge in [-0.2, -0.15) is 5.10 Å². The Labute approximate surface area is 124 Å². The number of aliphatic hydroxyl groups excluding tert-OH is 1. The number of fused-ring (bicyclic) bond motifs is 1. The van der Waals surface area contributed by atoms with Crippen molar-refractivity contribution >= 4 is 39.8 Å². The maximum atomic E-state index is 10.1. The standard InChI is InChI=1S/C12H12ClN5OS/c1-18-5-7-11(15-6-16-12(7)17-18)14-4-8(19)9-2-3-10(13)20-9/h2-3,5-6,8,19H,4H2,1H3,(H,14,15,16,17). The van der Waals surface area contributed by atoms with Crippen LogP contribution in [0.2, 0.25) is 4.34 Å². The average Bonchev–Trinajstić information content (AvgIpc) is 3.01. The fraction of sp³-hybridized carbons (Fsp3) is 0.250. The van der Waals surface area contributed by atoms with Gasteiger partial charge < -0.3 is 10.4 Å². The zero-order valence-corrected chi connectivity index (χ0v) is 12.2. The molecular formula is C12H12ClN5OS. The molecule has 0 fully saturated rings. The smallest absolute Gasteiger partial charge is 0.186 e. The monoisotopic (exact) mass is 309 g/mol. The van der Waals surface area contributed by atoms with Crippen LogP contribution in [0.5, 0.6) is 0 Å². The van der Waals surface area contributed by atoms with Crippen LogP contribution in [-0.2, 0) is 7.05 Å². The number of hydrogen-bond donors (Lipinski definition) is 2. The van der Waals surface area contributed by atoms with Crippen molar-refractivity contribution in [2.75, 3.05) is 11.9 Å². The van der Waals surface area contributed by atoms with Crippen molar-refractivity contribution in [2.24, 2.45) is 7.05 Å². The predicted molar refractivity (Wildman–Crippen MR) is 79.1 cm³/mol. The van der Waals surface area contributed by atoms with Gasteiger partial charge in [-0.1, -0.05) is 11.6 Å². The quantitative estimate of drug-likeness (QED) is 0.773. The summed E-state index contributed by atoms with van der Waals surface area (Å²) in [6.45, 7) is 0.345. The summed E-state index contributed by atoms with van der Waals surface area (Å²) in [5.74, 6) is 0.657. The molecule has 0 amide bonds. The minimum atomic E-state index is -0.630. The molecule has 0 saturated heterocycles. The first-order valence-electron chi connectivity index (χ1n) is 5.95. The van der Waals surface area contributed by atoms with Crippen molar-refractivity contribution < 1.29 is 5.11 Å². The van der Waals surface area contributed by atoms with Crippen molar-refractivity contribution in [1.29, 1.82) is 0 Å². The number of aliphatic hydroxyl groups is 1. The lowest BCUT2D eigenvalue weighted by Gasteiger charge is -2.10. The molecule has 104 valence electrons. The Kier molecular flexibility index (Phi) is 3.56. The molecule has 20 heavy (non-hydrogen) atoms. The molecule has 3 aromatic heterocycles. The number of thiophene rings is 1. The number of nitrogens with zero attached hydrogens (tertiary/aromatic N) is 4. The second-order valence-electron chi connectivity index (χ2n) is 4.30. The summed E-state index contributed by atoms with van der Waals surface area (Å²) in [6, 6.07) is 3.59. The van der Waals surface area contributed by atoms with E-state index < -0.39 is 6.10 Å². The second-order valence-corrected chi connectivity index (χ2v) is 6.05. The first kappa shape index (κ1) is 13.3. The van der Waals surface area contributed by atoms with Gasteiger partial charge in [0.05, 0.1) is 9.72 Å². The molecule has 8 heteroatoms. The number of rotatable bonds is 4. The predicted octanol–water partition coefficient (Wildman–Crippen LogP) is 2.22. The average molecular weight is 310 g/mol. The normalized spacial score (nSPS) is 12.8. The lowest BCUT2D eigenvalue weighted by Crippen LogP contribution is -2.12. The van der Waals surface area contributed by atoms with E-state index in [9.17, 15) is 5.11 Å². The van der Waals surface area contributed by atoms with Gasteiger partial charge in [0.15, 0.2) is 5.65 Å². The molecule has 0 saturated carbocycles. The molecule has 0 aliphatic rings. The van der Waals surface area contributed by atoms with E-state index in [1.165, 1.54) is 17.7 Å². The Bertz CT molecular complexity index is 740. The van der Waals surface area contributed by atoms with Crippen LogP contribution in [-0.4, -0.2) is 31.4 Å². The molecule has 0 bridgehead atoms. The van der Waals surface area contributed by atoms with Crippen LogP contribution in [0, 0.1) is 0 Å². The van der Waals surface area contributed by atoms with Gasteiger partial charge in [-0.3, -0.25) is 4.68 Å².